The van der Waals surface area contributed by atoms with Gasteiger partial charge in [0.25, 0.3) is 0 Å². The summed E-state index contributed by atoms with van der Waals surface area (Å²) in [6.07, 6.45) is 5.32. The minimum atomic E-state index is -0.292. The summed E-state index contributed by atoms with van der Waals surface area (Å²) in [4.78, 5) is 24.7. The van der Waals surface area contributed by atoms with Crippen molar-refractivity contribution in [3.05, 3.63) is 77.8 Å². The van der Waals surface area contributed by atoms with E-state index >= 15 is 0 Å². The molecule has 0 radical (unpaired) electrons. The first-order chi connectivity index (χ1) is 15.4. The Kier molecular flexibility index (Phi) is 6.07. The number of carbonyl (C=O) groups is 2. The van der Waals surface area contributed by atoms with Gasteiger partial charge in [0.15, 0.2) is 0 Å². The average Bonchev–Trinajstić information content (AvgIpc) is 3.43. The van der Waals surface area contributed by atoms with E-state index < -0.39 is 0 Å². The number of amides is 2. The van der Waals surface area contributed by atoms with Crippen molar-refractivity contribution >= 4 is 28.5 Å². The fraction of sp³-hybridized carbons (Fsp3) is 0.240. The summed E-state index contributed by atoms with van der Waals surface area (Å²) in [5.41, 5.74) is 5.53. The molecule has 0 spiro atoms. The number of anilines is 1. The van der Waals surface area contributed by atoms with Crippen LogP contribution in [0.4, 0.5) is 5.69 Å². The molecule has 164 valence electrons. The molecule has 0 atom stereocenters. The van der Waals surface area contributed by atoms with Crippen LogP contribution in [0.15, 0.2) is 65.5 Å². The highest BCUT2D eigenvalue weighted by molar-refractivity contribution is 5.95. The Morgan fingerprint density at radius 1 is 1.12 bits per heavy atom. The molecule has 2 amide bonds. The quantitative estimate of drug-likeness (QED) is 0.456. The van der Waals surface area contributed by atoms with E-state index in [1.807, 2.05) is 30.5 Å². The second-order valence-electron chi connectivity index (χ2n) is 8.12. The summed E-state index contributed by atoms with van der Waals surface area (Å²) in [6.45, 7) is 6.24. The molecule has 2 aromatic heterocycles. The maximum Gasteiger partial charge on any atom is 0.243 e. The van der Waals surface area contributed by atoms with Crippen molar-refractivity contribution in [2.24, 2.45) is 0 Å². The molecule has 0 saturated carbocycles. The molecule has 4 rings (SSSR count). The van der Waals surface area contributed by atoms with Crippen LogP contribution in [0, 0.1) is 6.92 Å². The Hall–Kier alpha value is -3.87. The summed E-state index contributed by atoms with van der Waals surface area (Å²) in [5.74, 6) is -0.142. The van der Waals surface area contributed by atoms with Crippen molar-refractivity contribution in [1.29, 1.82) is 0 Å². The van der Waals surface area contributed by atoms with E-state index in [1.54, 1.807) is 29.3 Å². The summed E-state index contributed by atoms with van der Waals surface area (Å²) in [5, 5.41) is 10.6. The van der Waals surface area contributed by atoms with E-state index in [9.17, 15) is 9.59 Å². The lowest BCUT2D eigenvalue weighted by Crippen LogP contribution is -2.33. The summed E-state index contributed by atoms with van der Waals surface area (Å²) in [7, 11) is 0. The van der Waals surface area contributed by atoms with Crippen LogP contribution in [0.2, 0.25) is 0 Å². The highest BCUT2D eigenvalue weighted by Crippen LogP contribution is 2.29. The van der Waals surface area contributed by atoms with Gasteiger partial charge in [0.05, 0.1) is 24.9 Å². The zero-order valence-corrected chi connectivity index (χ0v) is 18.4. The lowest BCUT2D eigenvalue weighted by atomic mass is 9.95. The van der Waals surface area contributed by atoms with Crippen LogP contribution in [-0.2, 0) is 16.0 Å². The molecule has 2 heterocycles. The van der Waals surface area contributed by atoms with Crippen LogP contribution < -0.4 is 10.6 Å². The number of furan rings is 1. The van der Waals surface area contributed by atoms with Gasteiger partial charge in [-0.1, -0.05) is 13.8 Å². The van der Waals surface area contributed by atoms with Gasteiger partial charge in [0, 0.05) is 29.0 Å². The van der Waals surface area contributed by atoms with Crippen molar-refractivity contribution in [1.82, 2.24) is 15.1 Å². The second-order valence-corrected chi connectivity index (χ2v) is 8.12. The third-order valence-corrected chi connectivity index (χ3v) is 5.38. The summed E-state index contributed by atoms with van der Waals surface area (Å²) < 4.78 is 7.37. The highest BCUT2D eigenvalue weighted by atomic mass is 16.3. The predicted octanol–water partition coefficient (Wildman–Crippen LogP) is 4.35. The van der Waals surface area contributed by atoms with Crippen LogP contribution in [0.5, 0.6) is 0 Å². The van der Waals surface area contributed by atoms with Gasteiger partial charge in [-0.3, -0.25) is 9.59 Å². The number of hydrogen-bond acceptors (Lipinski definition) is 4. The first kappa shape index (κ1) is 21.4. The van der Waals surface area contributed by atoms with E-state index in [0.717, 1.165) is 22.2 Å². The minimum Gasteiger partial charge on any atom is -0.464 e. The average molecular weight is 431 g/mol. The monoisotopic (exact) mass is 430 g/mol. The van der Waals surface area contributed by atoms with Gasteiger partial charge in [0.1, 0.15) is 5.58 Å². The smallest absolute Gasteiger partial charge is 0.243 e. The molecule has 0 fully saturated rings. The van der Waals surface area contributed by atoms with E-state index in [2.05, 4.69) is 42.6 Å². The van der Waals surface area contributed by atoms with Crippen molar-refractivity contribution in [3.63, 3.8) is 0 Å². The fourth-order valence-corrected chi connectivity index (χ4v) is 3.74. The molecule has 4 aromatic rings. The molecule has 7 heteroatoms. The third-order valence-electron chi connectivity index (χ3n) is 5.38. The molecule has 0 aliphatic carbocycles. The van der Waals surface area contributed by atoms with Gasteiger partial charge in [0.2, 0.25) is 11.8 Å². The number of benzene rings is 2. The summed E-state index contributed by atoms with van der Waals surface area (Å²) in [6, 6.07) is 13.3. The molecule has 0 saturated heterocycles. The third kappa shape index (κ3) is 4.72. The number of hydrogen-bond donors (Lipinski definition) is 2. The number of rotatable bonds is 7. The minimum absolute atomic E-state index is 0.105. The van der Waals surface area contributed by atoms with Gasteiger partial charge in [-0.2, -0.15) is 5.10 Å². The standard InChI is InChI=1S/C25H26N4O3/c1-16(2)21-13-22-18(15-32-23(22)11-17(21)3)12-24(30)26-14-25(31)28-19-5-7-20(8-6-19)29-10-4-9-27-29/h4-11,13,15-16H,12,14H2,1-3H3,(H,26,30)(H,28,31). The number of aryl methyl sites for hydroxylation is 1. The maximum absolute atomic E-state index is 12.4. The molecule has 2 N–H and O–H groups in total. The fourth-order valence-electron chi connectivity index (χ4n) is 3.74. The molecule has 0 aliphatic rings. The maximum atomic E-state index is 12.4. The number of aromatic nitrogens is 2. The normalized spacial score (nSPS) is 11.1. The zero-order chi connectivity index (χ0) is 22.7. The highest BCUT2D eigenvalue weighted by Gasteiger charge is 2.14. The van der Waals surface area contributed by atoms with Crippen molar-refractivity contribution in [2.75, 3.05) is 11.9 Å². The number of nitrogens with one attached hydrogen (secondary N) is 2. The van der Waals surface area contributed by atoms with Crippen LogP contribution in [0.3, 0.4) is 0 Å². The van der Waals surface area contributed by atoms with E-state index in [4.69, 9.17) is 4.42 Å². The first-order valence-electron chi connectivity index (χ1n) is 10.6. The van der Waals surface area contributed by atoms with Crippen LogP contribution in [0.25, 0.3) is 16.7 Å². The molecule has 32 heavy (non-hydrogen) atoms. The van der Waals surface area contributed by atoms with Gasteiger partial charge in [-0.05, 0) is 66.4 Å². The Morgan fingerprint density at radius 2 is 1.91 bits per heavy atom. The Balaban J connectivity index is 1.33. The zero-order valence-electron chi connectivity index (χ0n) is 18.4. The molecule has 2 aromatic carbocycles. The molecular weight excluding hydrogens is 404 g/mol. The van der Waals surface area contributed by atoms with Crippen molar-refractivity contribution in [3.8, 4) is 5.69 Å². The lowest BCUT2D eigenvalue weighted by Gasteiger charge is -2.10. The van der Waals surface area contributed by atoms with E-state index in [-0.39, 0.29) is 24.8 Å². The Bertz CT molecular complexity index is 1240. The SMILES string of the molecule is Cc1cc2occ(CC(=O)NCC(=O)Nc3ccc(-n4cccn4)cc3)c2cc1C(C)C. The number of carbonyl (C=O) groups excluding carboxylic acids is 2. The molecule has 7 nitrogen and oxygen atoms in total. The van der Waals surface area contributed by atoms with E-state index in [1.165, 1.54) is 11.1 Å². The van der Waals surface area contributed by atoms with Crippen LogP contribution >= 0.6 is 0 Å². The van der Waals surface area contributed by atoms with Gasteiger partial charge in [-0.25, -0.2) is 4.68 Å². The predicted molar refractivity (Wildman–Crippen MR) is 124 cm³/mol. The Morgan fingerprint density at radius 3 is 2.59 bits per heavy atom. The topological polar surface area (TPSA) is 89.2 Å². The first-order valence-corrected chi connectivity index (χ1v) is 10.6. The van der Waals surface area contributed by atoms with E-state index in [0.29, 0.717) is 11.6 Å². The molecule has 0 aliphatic heterocycles. The lowest BCUT2D eigenvalue weighted by molar-refractivity contribution is -0.123. The number of nitrogens with zero attached hydrogens (tertiary/aromatic N) is 2. The van der Waals surface area contributed by atoms with Gasteiger partial charge < -0.3 is 15.1 Å². The van der Waals surface area contributed by atoms with Gasteiger partial charge in [-0.15, -0.1) is 0 Å². The van der Waals surface area contributed by atoms with Crippen LogP contribution in [0.1, 0.15) is 36.5 Å². The van der Waals surface area contributed by atoms with Crippen molar-refractivity contribution < 1.29 is 14.0 Å². The van der Waals surface area contributed by atoms with Gasteiger partial charge >= 0.3 is 0 Å². The second kappa shape index (κ2) is 9.09. The molecular formula is C25H26N4O3. The number of fused-ring (bicyclic) bond motifs is 1. The Labute approximate surface area is 186 Å². The summed E-state index contributed by atoms with van der Waals surface area (Å²) >= 11 is 0. The molecule has 0 bridgehead atoms. The largest absolute Gasteiger partial charge is 0.464 e. The van der Waals surface area contributed by atoms with Crippen molar-refractivity contribution in [2.45, 2.75) is 33.1 Å². The molecule has 0 unspecified atom stereocenters. The van der Waals surface area contributed by atoms with Crippen LogP contribution in [-0.4, -0.2) is 28.1 Å².